The lowest BCUT2D eigenvalue weighted by Crippen LogP contribution is -2.14. The highest BCUT2D eigenvalue weighted by molar-refractivity contribution is 7.92. The Balaban J connectivity index is 1.16. The molecule has 0 aromatic heterocycles. The smallest absolute Gasteiger partial charge is 0.339 e. The number of anilines is 2. The van der Waals surface area contributed by atoms with Gasteiger partial charge in [-0.3, -0.25) is 9.52 Å². The number of carbonyl (C=O) groups excluding carboxylic acids is 1. The number of phenols is 1. The summed E-state index contributed by atoms with van der Waals surface area (Å²) in [6.45, 7) is 2.19. The van der Waals surface area contributed by atoms with Crippen molar-refractivity contribution in [1.29, 1.82) is 0 Å². The molecule has 0 saturated carbocycles. The van der Waals surface area contributed by atoms with Crippen LogP contribution in [0.5, 0.6) is 17.2 Å². The van der Waals surface area contributed by atoms with E-state index in [1.54, 1.807) is 54.6 Å². The molecule has 0 saturated heterocycles. The Morgan fingerprint density at radius 3 is 2.13 bits per heavy atom. The van der Waals surface area contributed by atoms with E-state index in [2.05, 4.69) is 10.0 Å². The molecule has 0 aliphatic heterocycles. The first kappa shape index (κ1) is 32.6. The third kappa shape index (κ3) is 8.08. The quantitative estimate of drug-likeness (QED) is 0.116. The number of ether oxygens (including phenoxy) is 2. The number of amides is 1. The normalized spacial score (nSPS) is 11.0. The van der Waals surface area contributed by atoms with Gasteiger partial charge in [0.1, 0.15) is 22.8 Å². The van der Waals surface area contributed by atoms with Crippen LogP contribution >= 0.6 is 0 Å². The molecular weight excluding hydrogens is 620 g/mol. The van der Waals surface area contributed by atoms with E-state index >= 15 is 0 Å². The molecule has 0 bridgehead atoms. The van der Waals surface area contributed by atoms with Gasteiger partial charge in [0, 0.05) is 23.4 Å². The van der Waals surface area contributed by atoms with Crippen LogP contribution in [0.2, 0.25) is 0 Å². The molecule has 0 heterocycles. The van der Waals surface area contributed by atoms with E-state index in [0.717, 1.165) is 28.3 Å². The van der Waals surface area contributed by atoms with Gasteiger partial charge in [-0.05, 0) is 102 Å². The van der Waals surface area contributed by atoms with Crippen molar-refractivity contribution in [1.82, 2.24) is 0 Å². The fraction of sp³-hybridized carbons (Fsp3) is 0.111. The average molecular weight is 653 g/mol. The maximum absolute atomic E-state index is 13.0. The second kappa shape index (κ2) is 14.1. The summed E-state index contributed by atoms with van der Waals surface area (Å²) in [6, 6.07) is 29.9. The molecule has 0 unspecified atom stereocenters. The van der Waals surface area contributed by atoms with Crippen LogP contribution in [0.1, 0.15) is 31.8 Å². The first-order valence-electron chi connectivity index (χ1n) is 14.5. The zero-order chi connectivity index (χ0) is 33.6. The summed E-state index contributed by atoms with van der Waals surface area (Å²) in [7, 11) is -2.75. The Bertz CT molecular complexity index is 2030. The van der Waals surface area contributed by atoms with Gasteiger partial charge < -0.3 is 25.0 Å². The van der Waals surface area contributed by atoms with Crippen LogP contribution in [0.3, 0.4) is 0 Å². The fourth-order valence-corrected chi connectivity index (χ4v) is 5.94. The highest BCUT2D eigenvalue weighted by atomic mass is 32.2. The molecule has 5 aromatic rings. The number of rotatable bonds is 12. The van der Waals surface area contributed by atoms with Gasteiger partial charge >= 0.3 is 5.97 Å². The number of hydrogen-bond donors (Lipinski definition) is 4. The summed E-state index contributed by atoms with van der Waals surface area (Å²) < 4.78 is 39.4. The Kier molecular flexibility index (Phi) is 9.77. The first-order valence-corrected chi connectivity index (χ1v) is 16.0. The highest BCUT2D eigenvalue weighted by Crippen LogP contribution is 2.26. The van der Waals surface area contributed by atoms with E-state index in [1.807, 2.05) is 43.3 Å². The third-order valence-corrected chi connectivity index (χ3v) is 8.70. The van der Waals surface area contributed by atoms with Crippen molar-refractivity contribution < 1.29 is 37.7 Å². The number of phenolic OH excluding ortho intramolecular Hbond substituents is 1. The number of aromatic hydroxyl groups is 1. The number of aryl methyl sites for hydroxylation is 1. The molecule has 0 radical (unpaired) electrons. The van der Waals surface area contributed by atoms with Gasteiger partial charge in [-0.2, -0.15) is 0 Å². The van der Waals surface area contributed by atoms with Gasteiger partial charge in [0.15, 0.2) is 0 Å². The van der Waals surface area contributed by atoms with E-state index in [1.165, 1.54) is 19.2 Å². The standard InChI is InChI=1S/C36H32N2O8S/c1-23-20-28(37-35(40)27-8-6-25(7-9-27)26-10-13-30(39)14-11-26)12-16-33(23)46-19-18-24-4-3-5-29(21-24)38-47(43,44)31-15-17-34(45-2)32(22-31)36(41)42/h3-17,20-22,38-39H,18-19H2,1-2H3,(H,37,40)(H,41,42). The maximum Gasteiger partial charge on any atom is 0.339 e. The van der Waals surface area contributed by atoms with Gasteiger partial charge in [0.05, 0.1) is 18.6 Å². The predicted octanol–water partition coefficient (Wildman–Crippen LogP) is 6.75. The number of carboxylic acids is 1. The summed E-state index contributed by atoms with van der Waals surface area (Å²) in [5.41, 5.74) is 4.69. The topological polar surface area (TPSA) is 151 Å². The molecular formula is C36H32N2O8S. The van der Waals surface area contributed by atoms with Crippen LogP contribution < -0.4 is 19.5 Å². The Morgan fingerprint density at radius 1 is 0.787 bits per heavy atom. The van der Waals surface area contributed by atoms with E-state index in [9.17, 15) is 28.2 Å². The number of aromatic carboxylic acids is 1. The lowest BCUT2D eigenvalue weighted by Gasteiger charge is -2.13. The molecule has 240 valence electrons. The molecule has 0 spiro atoms. The second-order valence-corrected chi connectivity index (χ2v) is 12.3. The summed E-state index contributed by atoms with van der Waals surface area (Å²) in [6.07, 6.45) is 0.485. The molecule has 4 N–H and O–H groups in total. The maximum atomic E-state index is 13.0. The first-order chi connectivity index (χ1) is 22.5. The zero-order valence-corrected chi connectivity index (χ0v) is 26.4. The molecule has 0 atom stereocenters. The van der Waals surface area contributed by atoms with Gasteiger partial charge in [-0.25, -0.2) is 13.2 Å². The summed E-state index contributed by atoms with van der Waals surface area (Å²) in [5, 5.41) is 21.8. The number of benzene rings is 5. The van der Waals surface area contributed by atoms with Gasteiger partial charge in [-0.15, -0.1) is 0 Å². The second-order valence-electron chi connectivity index (χ2n) is 10.6. The van der Waals surface area contributed by atoms with Crippen LogP contribution in [0.25, 0.3) is 11.1 Å². The van der Waals surface area contributed by atoms with Crippen molar-refractivity contribution in [2.75, 3.05) is 23.8 Å². The fourth-order valence-electron chi connectivity index (χ4n) is 4.86. The molecule has 47 heavy (non-hydrogen) atoms. The van der Waals surface area contributed by atoms with Crippen LogP contribution in [0, 0.1) is 6.92 Å². The molecule has 10 nitrogen and oxygen atoms in total. The molecule has 5 aromatic carbocycles. The van der Waals surface area contributed by atoms with E-state index < -0.39 is 16.0 Å². The highest BCUT2D eigenvalue weighted by Gasteiger charge is 2.20. The zero-order valence-electron chi connectivity index (χ0n) is 25.6. The molecule has 11 heteroatoms. The van der Waals surface area contributed by atoms with Gasteiger partial charge in [-0.1, -0.05) is 36.4 Å². The van der Waals surface area contributed by atoms with Gasteiger partial charge in [0.2, 0.25) is 0 Å². The van der Waals surface area contributed by atoms with Crippen LogP contribution in [-0.4, -0.2) is 44.2 Å². The average Bonchev–Trinajstić information content (AvgIpc) is 3.06. The van der Waals surface area contributed by atoms with Crippen LogP contribution in [0.4, 0.5) is 11.4 Å². The predicted molar refractivity (Wildman–Crippen MR) is 179 cm³/mol. The van der Waals surface area contributed by atoms with E-state index in [-0.39, 0.29) is 27.9 Å². The largest absolute Gasteiger partial charge is 0.508 e. The number of hydrogen-bond acceptors (Lipinski definition) is 7. The third-order valence-electron chi connectivity index (χ3n) is 7.32. The molecule has 5 rings (SSSR count). The van der Waals surface area contributed by atoms with Crippen LogP contribution in [0.15, 0.2) is 114 Å². The number of carboxylic acid groups (broad SMARTS) is 1. The molecule has 0 aliphatic rings. The molecule has 0 aliphatic carbocycles. The van der Waals surface area contributed by atoms with Crippen molar-refractivity contribution >= 4 is 33.3 Å². The minimum absolute atomic E-state index is 0.0576. The van der Waals surface area contributed by atoms with E-state index in [0.29, 0.717) is 35.7 Å². The Morgan fingerprint density at radius 2 is 1.47 bits per heavy atom. The van der Waals surface area contributed by atoms with Crippen molar-refractivity contribution in [3.63, 3.8) is 0 Å². The minimum atomic E-state index is -4.06. The Labute approximate surface area is 272 Å². The lowest BCUT2D eigenvalue weighted by atomic mass is 10.0. The van der Waals surface area contributed by atoms with Crippen LogP contribution in [-0.2, 0) is 16.4 Å². The molecule has 1 amide bonds. The minimum Gasteiger partial charge on any atom is -0.508 e. The number of sulfonamides is 1. The summed E-state index contributed by atoms with van der Waals surface area (Å²) >= 11 is 0. The Hall–Kier alpha value is -5.81. The summed E-state index contributed by atoms with van der Waals surface area (Å²) in [5.74, 6) is -0.657. The molecule has 0 fully saturated rings. The van der Waals surface area contributed by atoms with Crippen molar-refractivity contribution in [2.24, 2.45) is 0 Å². The summed E-state index contributed by atoms with van der Waals surface area (Å²) in [4.78, 5) is 24.2. The lowest BCUT2D eigenvalue weighted by molar-refractivity contribution is 0.0692. The van der Waals surface area contributed by atoms with Crippen molar-refractivity contribution in [3.05, 3.63) is 131 Å². The van der Waals surface area contributed by atoms with Crippen molar-refractivity contribution in [3.8, 4) is 28.4 Å². The van der Waals surface area contributed by atoms with E-state index in [4.69, 9.17) is 9.47 Å². The van der Waals surface area contributed by atoms with Gasteiger partial charge in [0.25, 0.3) is 15.9 Å². The monoisotopic (exact) mass is 652 g/mol. The number of nitrogens with one attached hydrogen (secondary N) is 2. The van der Waals surface area contributed by atoms with Crippen molar-refractivity contribution in [2.45, 2.75) is 18.2 Å². The SMILES string of the molecule is COc1ccc(S(=O)(=O)Nc2cccc(CCOc3ccc(NC(=O)c4ccc(-c5ccc(O)cc5)cc4)cc3C)c2)cc1C(=O)O. The number of carbonyl (C=O) groups is 2. The number of methoxy groups -OCH3 is 1.